The minimum atomic E-state index is -3.70. The molecule has 29 heavy (non-hydrogen) atoms. The molecule has 0 aromatic heterocycles. The largest absolute Gasteiger partial charge is 0.495 e. The molecule has 0 bridgehead atoms. The number of sulfonamides is 1. The van der Waals surface area contributed by atoms with Crippen LogP contribution in [0.2, 0.25) is 5.02 Å². The summed E-state index contributed by atoms with van der Waals surface area (Å²) in [7, 11) is -2.23. The molecule has 1 N–H and O–H groups in total. The minimum Gasteiger partial charge on any atom is -0.495 e. The van der Waals surface area contributed by atoms with E-state index in [0.717, 1.165) is 23.4 Å². The van der Waals surface area contributed by atoms with Gasteiger partial charge in [-0.1, -0.05) is 41.4 Å². The third-order valence-corrected chi connectivity index (χ3v) is 6.04. The SMILES string of the molecule is COc1ccc(N([C@H](C)C(=O)NCCCc2cccc(C)c2)S(C)(=O)=O)cc1Cl. The summed E-state index contributed by atoms with van der Waals surface area (Å²) in [6.07, 6.45) is 2.65. The summed E-state index contributed by atoms with van der Waals surface area (Å²) in [4.78, 5) is 12.6. The van der Waals surface area contributed by atoms with Crippen molar-refractivity contribution in [2.75, 3.05) is 24.2 Å². The summed E-state index contributed by atoms with van der Waals surface area (Å²) >= 11 is 6.13. The number of methoxy groups -OCH3 is 1. The predicted molar refractivity (Wildman–Crippen MR) is 117 cm³/mol. The maximum atomic E-state index is 12.6. The van der Waals surface area contributed by atoms with Gasteiger partial charge in [-0.2, -0.15) is 0 Å². The number of anilines is 1. The first-order chi connectivity index (χ1) is 13.6. The van der Waals surface area contributed by atoms with E-state index in [-0.39, 0.29) is 10.9 Å². The monoisotopic (exact) mass is 438 g/mol. The fourth-order valence-corrected chi connectivity index (χ4v) is 4.54. The molecule has 158 valence electrons. The van der Waals surface area contributed by atoms with Crippen molar-refractivity contribution in [2.45, 2.75) is 32.7 Å². The van der Waals surface area contributed by atoms with Crippen LogP contribution in [0.4, 0.5) is 5.69 Å². The van der Waals surface area contributed by atoms with Gasteiger partial charge in [0.25, 0.3) is 0 Å². The summed E-state index contributed by atoms with van der Waals surface area (Å²) < 4.78 is 30.9. The molecular formula is C21H27ClN2O4S. The first-order valence-corrected chi connectivity index (χ1v) is 11.5. The molecule has 1 atom stereocenters. The summed E-state index contributed by atoms with van der Waals surface area (Å²) in [5, 5.41) is 3.09. The molecule has 0 saturated carbocycles. The van der Waals surface area contributed by atoms with E-state index < -0.39 is 16.1 Å². The quantitative estimate of drug-likeness (QED) is 0.607. The molecule has 0 aliphatic carbocycles. The molecule has 0 aliphatic rings. The highest BCUT2D eigenvalue weighted by atomic mass is 35.5. The lowest BCUT2D eigenvalue weighted by atomic mass is 10.1. The van der Waals surface area contributed by atoms with Gasteiger partial charge >= 0.3 is 0 Å². The van der Waals surface area contributed by atoms with E-state index in [0.29, 0.717) is 18.0 Å². The van der Waals surface area contributed by atoms with Crippen LogP contribution in [0.5, 0.6) is 5.75 Å². The van der Waals surface area contributed by atoms with E-state index in [2.05, 4.69) is 17.4 Å². The van der Waals surface area contributed by atoms with Gasteiger partial charge in [0, 0.05) is 6.54 Å². The number of ether oxygens (including phenoxy) is 1. The number of benzene rings is 2. The highest BCUT2D eigenvalue weighted by Crippen LogP contribution is 2.31. The zero-order chi connectivity index (χ0) is 21.6. The number of halogens is 1. The Balaban J connectivity index is 2.04. The number of rotatable bonds is 9. The molecule has 2 rings (SSSR count). The lowest BCUT2D eigenvalue weighted by Crippen LogP contribution is -2.48. The molecule has 0 fully saturated rings. The Hall–Kier alpha value is -2.25. The molecule has 0 spiro atoms. The first-order valence-electron chi connectivity index (χ1n) is 9.29. The van der Waals surface area contributed by atoms with Crippen LogP contribution in [0, 0.1) is 6.92 Å². The zero-order valence-electron chi connectivity index (χ0n) is 17.1. The summed E-state index contributed by atoms with van der Waals surface area (Å²) in [6, 6.07) is 11.9. The Labute approximate surface area is 177 Å². The van der Waals surface area contributed by atoms with Crippen molar-refractivity contribution >= 4 is 33.2 Å². The van der Waals surface area contributed by atoms with E-state index >= 15 is 0 Å². The maximum Gasteiger partial charge on any atom is 0.243 e. The Morgan fingerprint density at radius 3 is 2.55 bits per heavy atom. The summed E-state index contributed by atoms with van der Waals surface area (Å²) in [5.41, 5.74) is 2.71. The standard InChI is InChI=1S/C21H27ClN2O4S/c1-15-7-5-8-17(13-15)9-6-12-23-21(25)16(2)24(29(4,26)27)18-10-11-20(28-3)19(22)14-18/h5,7-8,10-11,13-14,16H,6,9,12H2,1-4H3,(H,23,25)/t16-/m1/s1. The van der Waals surface area contributed by atoms with Gasteiger partial charge in [0.15, 0.2) is 0 Å². The van der Waals surface area contributed by atoms with Gasteiger partial charge in [-0.3, -0.25) is 9.10 Å². The lowest BCUT2D eigenvalue weighted by Gasteiger charge is -2.28. The van der Waals surface area contributed by atoms with Crippen LogP contribution in [0.3, 0.4) is 0 Å². The molecule has 8 heteroatoms. The smallest absolute Gasteiger partial charge is 0.243 e. The number of carbonyl (C=O) groups is 1. The second-order valence-corrected chi connectivity index (χ2v) is 9.20. The zero-order valence-corrected chi connectivity index (χ0v) is 18.7. The summed E-state index contributed by atoms with van der Waals surface area (Å²) in [5.74, 6) is 0.0590. The Kier molecular flexibility index (Phi) is 7.93. The van der Waals surface area contributed by atoms with E-state index in [4.69, 9.17) is 16.3 Å². The fraction of sp³-hybridized carbons (Fsp3) is 0.381. The number of hydrogen-bond donors (Lipinski definition) is 1. The number of nitrogens with zero attached hydrogens (tertiary/aromatic N) is 1. The average Bonchev–Trinajstić information content (AvgIpc) is 2.64. The van der Waals surface area contributed by atoms with Crippen molar-refractivity contribution in [1.29, 1.82) is 0 Å². The third kappa shape index (κ3) is 6.37. The second-order valence-electron chi connectivity index (χ2n) is 6.94. The third-order valence-electron chi connectivity index (χ3n) is 4.50. The highest BCUT2D eigenvalue weighted by Gasteiger charge is 2.29. The molecule has 0 unspecified atom stereocenters. The van der Waals surface area contributed by atoms with Gasteiger partial charge in [-0.25, -0.2) is 8.42 Å². The Bertz CT molecular complexity index is 963. The van der Waals surface area contributed by atoms with E-state index in [1.54, 1.807) is 19.1 Å². The van der Waals surface area contributed by atoms with Gasteiger partial charge in [0.05, 0.1) is 24.1 Å². The maximum absolute atomic E-state index is 12.6. The molecule has 0 radical (unpaired) electrons. The van der Waals surface area contributed by atoms with E-state index in [9.17, 15) is 13.2 Å². The highest BCUT2D eigenvalue weighted by molar-refractivity contribution is 7.92. The molecule has 6 nitrogen and oxygen atoms in total. The number of hydrogen-bond acceptors (Lipinski definition) is 4. The lowest BCUT2D eigenvalue weighted by molar-refractivity contribution is -0.121. The van der Waals surface area contributed by atoms with Crippen LogP contribution in [0.15, 0.2) is 42.5 Å². The van der Waals surface area contributed by atoms with Gasteiger partial charge < -0.3 is 10.1 Å². The van der Waals surface area contributed by atoms with Gasteiger partial charge in [-0.05, 0) is 50.5 Å². The number of aryl methyl sites for hydroxylation is 2. The predicted octanol–water partition coefficient (Wildman–Crippen LogP) is 3.56. The normalized spacial score (nSPS) is 12.3. The number of carbonyl (C=O) groups excluding carboxylic acids is 1. The van der Waals surface area contributed by atoms with Crippen molar-refractivity contribution < 1.29 is 17.9 Å². The van der Waals surface area contributed by atoms with Crippen molar-refractivity contribution in [1.82, 2.24) is 5.32 Å². The molecular weight excluding hydrogens is 412 g/mol. The summed E-state index contributed by atoms with van der Waals surface area (Å²) in [6.45, 7) is 4.05. The first kappa shape index (κ1) is 23.0. The van der Waals surface area contributed by atoms with Crippen molar-refractivity contribution in [3.8, 4) is 5.75 Å². The molecule has 0 heterocycles. The van der Waals surface area contributed by atoms with Crippen LogP contribution in [-0.4, -0.2) is 40.3 Å². The van der Waals surface area contributed by atoms with Gasteiger partial charge in [0.2, 0.25) is 15.9 Å². The average molecular weight is 439 g/mol. The van der Waals surface area contributed by atoms with Crippen LogP contribution in [0.1, 0.15) is 24.5 Å². The fourth-order valence-electron chi connectivity index (χ4n) is 3.12. The van der Waals surface area contributed by atoms with E-state index in [1.165, 1.54) is 24.3 Å². The Morgan fingerprint density at radius 2 is 1.97 bits per heavy atom. The molecule has 2 aromatic rings. The number of nitrogens with one attached hydrogen (secondary N) is 1. The number of amides is 1. The van der Waals surface area contributed by atoms with E-state index in [1.807, 2.05) is 19.1 Å². The van der Waals surface area contributed by atoms with Crippen LogP contribution < -0.4 is 14.4 Å². The molecule has 0 aliphatic heterocycles. The Morgan fingerprint density at radius 1 is 1.24 bits per heavy atom. The molecule has 0 saturated heterocycles. The van der Waals surface area contributed by atoms with Crippen molar-refractivity contribution in [2.24, 2.45) is 0 Å². The van der Waals surface area contributed by atoms with Crippen LogP contribution in [0.25, 0.3) is 0 Å². The second kappa shape index (κ2) is 9.98. The topological polar surface area (TPSA) is 75.7 Å². The molecule has 2 aromatic carbocycles. The van der Waals surface area contributed by atoms with Crippen LogP contribution in [-0.2, 0) is 21.2 Å². The van der Waals surface area contributed by atoms with Gasteiger partial charge in [0.1, 0.15) is 11.8 Å². The van der Waals surface area contributed by atoms with Gasteiger partial charge in [-0.15, -0.1) is 0 Å². The van der Waals surface area contributed by atoms with Crippen molar-refractivity contribution in [3.63, 3.8) is 0 Å². The minimum absolute atomic E-state index is 0.268. The molecule has 1 amide bonds. The van der Waals surface area contributed by atoms with Crippen LogP contribution >= 0.6 is 11.6 Å². The van der Waals surface area contributed by atoms with Crippen molar-refractivity contribution in [3.05, 3.63) is 58.6 Å².